The molecule has 0 saturated carbocycles. The van der Waals surface area contributed by atoms with Gasteiger partial charge in [0.15, 0.2) is 23.1 Å². The topological polar surface area (TPSA) is 35.2 Å². The molecule has 106 valence electrons. The Morgan fingerprint density at radius 2 is 1.85 bits per heavy atom. The van der Waals surface area contributed by atoms with Crippen molar-refractivity contribution in [2.24, 2.45) is 5.73 Å². The van der Waals surface area contributed by atoms with Gasteiger partial charge in [0.1, 0.15) is 0 Å². The van der Waals surface area contributed by atoms with Gasteiger partial charge in [0.25, 0.3) is 0 Å². The van der Waals surface area contributed by atoms with Gasteiger partial charge in [-0.25, -0.2) is 8.78 Å². The van der Waals surface area contributed by atoms with Crippen LogP contribution < -0.4 is 10.5 Å². The molecule has 0 aromatic heterocycles. The Balaban J connectivity index is 2.40. The Kier molecular flexibility index (Phi) is 4.35. The highest BCUT2D eigenvalue weighted by Gasteiger charge is 2.15. The Labute approximate surface area is 117 Å². The maximum Gasteiger partial charge on any atom is 0.168 e. The molecule has 20 heavy (non-hydrogen) atoms. The van der Waals surface area contributed by atoms with Crippen LogP contribution in [-0.4, -0.2) is 6.04 Å². The molecule has 0 spiro atoms. The summed E-state index contributed by atoms with van der Waals surface area (Å²) < 4.78 is 33.3. The second kappa shape index (κ2) is 6.01. The molecule has 4 heteroatoms. The lowest BCUT2D eigenvalue weighted by atomic mass is 10.1. The Bertz CT molecular complexity index is 611. The zero-order valence-corrected chi connectivity index (χ0v) is 11.5. The van der Waals surface area contributed by atoms with Crippen molar-refractivity contribution < 1.29 is 13.5 Å². The number of aryl methyl sites for hydroxylation is 1. The molecule has 1 unspecified atom stereocenters. The third-order valence-electron chi connectivity index (χ3n) is 2.96. The molecular formula is C16H17F2NO. The summed E-state index contributed by atoms with van der Waals surface area (Å²) in [5, 5.41) is 0. The predicted molar refractivity (Wildman–Crippen MR) is 75.0 cm³/mol. The molecule has 2 nitrogen and oxygen atoms in total. The molecule has 2 aromatic rings. The highest BCUT2D eigenvalue weighted by Crippen LogP contribution is 2.31. The second-order valence-corrected chi connectivity index (χ2v) is 4.90. The third kappa shape index (κ3) is 3.14. The molecule has 2 N–H and O–H groups in total. The van der Waals surface area contributed by atoms with E-state index in [4.69, 9.17) is 10.5 Å². The van der Waals surface area contributed by atoms with E-state index in [-0.39, 0.29) is 17.5 Å². The highest BCUT2D eigenvalue weighted by atomic mass is 19.1. The largest absolute Gasteiger partial charge is 0.451 e. The van der Waals surface area contributed by atoms with E-state index in [9.17, 15) is 8.78 Å². The summed E-state index contributed by atoms with van der Waals surface area (Å²) in [4.78, 5) is 0. The van der Waals surface area contributed by atoms with Gasteiger partial charge in [-0.15, -0.1) is 0 Å². The van der Waals surface area contributed by atoms with E-state index in [0.717, 1.165) is 0 Å². The normalized spacial score (nSPS) is 12.2. The Hall–Kier alpha value is -1.94. The van der Waals surface area contributed by atoms with Crippen molar-refractivity contribution in [1.29, 1.82) is 0 Å². The van der Waals surface area contributed by atoms with Crippen LogP contribution in [0.1, 0.15) is 18.1 Å². The number of rotatable bonds is 4. The van der Waals surface area contributed by atoms with E-state index in [0.29, 0.717) is 17.5 Å². The van der Waals surface area contributed by atoms with Gasteiger partial charge in [0.05, 0.1) is 0 Å². The van der Waals surface area contributed by atoms with Crippen LogP contribution in [-0.2, 0) is 6.42 Å². The third-order valence-corrected chi connectivity index (χ3v) is 2.96. The molecule has 0 fully saturated rings. The van der Waals surface area contributed by atoms with Crippen molar-refractivity contribution >= 4 is 0 Å². The number of para-hydroxylation sites is 1. The standard InChI is InChI=1S/C16H17F2NO/c1-10-5-3-8-14(15(10)18)20-16-12(9-11(2)19)6-4-7-13(16)17/h3-8,11H,9,19H2,1-2H3. The second-order valence-electron chi connectivity index (χ2n) is 4.90. The molecule has 0 aliphatic rings. The fourth-order valence-corrected chi connectivity index (χ4v) is 1.98. The molecule has 0 amide bonds. The van der Waals surface area contributed by atoms with Crippen LogP contribution in [0.3, 0.4) is 0 Å². The molecule has 0 aliphatic carbocycles. The van der Waals surface area contributed by atoms with Gasteiger partial charge in [0.2, 0.25) is 0 Å². The fourth-order valence-electron chi connectivity index (χ4n) is 1.98. The summed E-state index contributed by atoms with van der Waals surface area (Å²) in [5.41, 5.74) is 6.82. The van der Waals surface area contributed by atoms with Crippen LogP contribution in [0.5, 0.6) is 11.5 Å². The average molecular weight is 277 g/mol. The molecule has 0 saturated heterocycles. The van der Waals surface area contributed by atoms with Crippen LogP contribution in [0.2, 0.25) is 0 Å². The van der Waals surface area contributed by atoms with Gasteiger partial charge < -0.3 is 10.5 Å². The summed E-state index contributed by atoms with van der Waals surface area (Å²) in [6, 6.07) is 9.24. The zero-order chi connectivity index (χ0) is 14.7. The first-order valence-electron chi connectivity index (χ1n) is 6.45. The molecule has 0 heterocycles. The minimum atomic E-state index is -0.524. The number of halogens is 2. The van der Waals surface area contributed by atoms with Gasteiger partial charge in [-0.2, -0.15) is 0 Å². The van der Waals surface area contributed by atoms with E-state index >= 15 is 0 Å². The fraction of sp³-hybridized carbons (Fsp3) is 0.250. The van der Waals surface area contributed by atoms with Crippen LogP contribution in [0.15, 0.2) is 36.4 Å². The maximum atomic E-state index is 13.9. The molecule has 2 rings (SSSR count). The van der Waals surface area contributed by atoms with E-state index in [1.165, 1.54) is 12.1 Å². The first-order chi connectivity index (χ1) is 9.49. The maximum absolute atomic E-state index is 13.9. The number of ether oxygens (including phenoxy) is 1. The van der Waals surface area contributed by atoms with Gasteiger partial charge in [-0.1, -0.05) is 24.3 Å². The summed E-state index contributed by atoms with van der Waals surface area (Å²) in [7, 11) is 0. The van der Waals surface area contributed by atoms with Gasteiger partial charge in [0, 0.05) is 6.04 Å². The minimum Gasteiger partial charge on any atom is -0.451 e. The van der Waals surface area contributed by atoms with Crippen molar-refractivity contribution in [2.45, 2.75) is 26.3 Å². The highest BCUT2D eigenvalue weighted by molar-refractivity contribution is 5.41. The summed E-state index contributed by atoms with van der Waals surface area (Å²) in [5.74, 6) is -0.957. The number of hydrogen-bond acceptors (Lipinski definition) is 2. The lowest BCUT2D eigenvalue weighted by molar-refractivity contribution is 0.407. The van der Waals surface area contributed by atoms with E-state index in [1.807, 2.05) is 6.92 Å². The smallest absolute Gasteiger partial charge is 0.168 e. The van der Waals surface area contributed by atoms with Gasteiger partial charge in [-0.05, 0) is 43.5 Å². The van der Waals surface area contributed by atoms with Crippen molar-refractivity contribution in [3.8, 4) is 11.5 Å². The molecular weight excluding hydrogens is 260 g/mol. The lowest BCUT2D eigenvalue weighted by Crippen LogP contribution is -2.18. The van der Waals surface area contributed by atoms with Crippen molar-refractivity contribution in [1.82, 2.24) is 0 Å². The predicted octanol–water partition coefficient (Wildman–Crippen LogP) is 3.96. The minimum absolute atomic E-state index is 0.0148. The molecule has 1 atom stereocenters. The van der Waals surface area contributed by atoms with Crippen molar-refractivity contribution in [3.05, 3.63) is 59.2 Å². The summed E-state index contributed by atoms with van der Waals surface area (Å²) >= 11 is 0. The monoisotopic (exact) mass is 277 g/mol. The van der Waals surface area contributed by atoms with Crippen LogP contribution >= 0.6 is 0 Å². The first kappa shape index (κ1) is 14.5. The quantitative estimate of drug-likeness (QED) is 0.918. The SMILES string of the molecule is Cc1cccc(Oc2c(F)cccc2CC(C)N)c1F. The zero-order valence-electron chi connectivity index (χ0n) is 11.5. The van der Waals surface area contributed by atoms with Crippen molar-refractivity contribution in [3.63, 3.8) is 0 Å². The van der Waals surface area contributed by atoms with E-state index in [1.54, 1.807) is 31.2 Å². The number of benzene rings is 2. The summed E-state index contributed by atoms with van der Waals surface area (Å²) in [6.45, 7) is 3.45. The van der Waals surface area contributed by atoms with Crippen molar-refractivity contribution in [2.75, 3.05) is 0 Å². The van der Waals surface area contributed by atoms with Gasteiger partial charge >= 0.3 is 0 Å². The Morgan fingerprint density at radius 3 is 2.55 bits per heavy atom. The van der Waals surface area contributed by atoms with Crippen LogP contribution in [0.25, 0.3) is 0 Å². The Morgan fingerprint density at radius 1 is 1.15 bits per heavy atom. The molecule has 0 radical (unpaired) electrons. The average Bonchev–Trinajstić information content (AvgIpc) is 2.38. The molecule has 0 bridgehead atoms. The van der Waals surface area contributed by atoms with E-state index < -0.39 is 11.6 Å². The van der Waals surface area contributed by atoms with E-state index in [2.05, 4.69) is 0 Å². The van der Waals surface area contributed by atoms with Gasteiger partial charge in [-0.3, -0.25) is 0 Å². The molecule has 0 aliphatic heterocycles. The summed E-state index contributed by atoms with van der Waals surface area (Å²) in [6.07, 6.45) is 0.459. The van der Waals surface area contributed by atoms with Crippen LogP contribution in [0, 0.1) is 18.6 Å². The van der Waals surface area contributed by atoms with Crippen LogP contribution in [0.4, 0.5) is 8.78 Å². The number of hydrogen-bond donors (Lipinski definition) is 1. The first-order valence-corrected chi connectivity index (χ1v) is 6.45. The molecule has 2 aromatic carbocycles. The number of nitrogens with two attached hydrogens (primary N) is 1. The lowest BCUT2D eigenvalue weighted by Gasteiger charge is -2.14.